The van der Waals surface area contributed by atoms with Gasteiger partial charge in [0.25, 0.3) is 5.91 Å². The molecule has 1 fully saturated rings. The lowest BCUT2D eigenvalue weighted by atomic mass is 9.99. The number of carbonyl (C=O) groups is 3. The molecule has 0 bridgehead atoms. The minimum Gasteiger partial charge on any atom is -0.451 e. The van der Waals surface area contributed by atoms with Gasteiger partial charge in [-0.2, -0.15) is 0 Å². The first kappa shape index (κ1) is 27.0. The lowest BCUT2D eigenvalue weighted by Crippen LogP contribution is -2.47. The van der Waals surface area contributed by atoms with E-state index in [-0.39, 0.29) is 12.5 Å². The average molecular weight is 498 g/mol. The van der Waals surface area contributed by atoms with Crippen LogP contribution in [0, 0.1) is 5.92 Å². The van der Waals surface area contributed by atoms with Crippen LogP contribution in [-0.4, -0.2) is 56.4 Å². The van der Waals surface area contributed by atoms with Gasteiger partial charge in [-0.25, -0.2) is 9.59 Å². The number of esters is 1. The van der Waals surface area contributed by atoms with Crippen LogP contribution in [0.15, 0.2) is 54.6 Å². The van der Waals surface area contributed by atoms with Gasteiger partial charge in [-0.15, -0.1) is 0 Å². The molecule has 0 aliphatic carbocycles. The predicted molar refractivity (Wildman–Crippen MR) is 137 cm³/mol. The molecule has 3 atom stereocenters. The topological polar surface area (TPSA) is 106 Å². The van der Waals surface area contributed by atoms with E-state index in [0.717, 1.165) is 24.3 Å². The van der Waals surface area contributed by atoms with E-state index in [1.54, 1.807) is 0 Å². The summed E-state index contributed by atoms with van der Waals surface area (Å²) >= 11 is 0. The second kappa shape index (κ2) is 13.5. The van der Waals surface area contributed by atoms with Crippen molar-refractivity contribution < 1.29 is 28.6 Å². The zero-order chi connectivity index (χ0) is 25.9. The molecule has 0 radical (unpaired) electrons. The van der Waals surface area contributed by atoms with E-state index in [4.69, 9.17) is 14.2 Å². The minimum atomic E-state index is -1.05. The number of hydrogen-bond acceptors (Lipinski definition) is 7. The first-order valence-corrected chi connectivity index (χ1v) is 12.3. The Balaban J connectivity index is 1.51. The van der Waals surface area contributed by atoms with E-state index in [0.29, 0.717) is 25.3 Å². The zero-order valence-electron chi connectivity index (χ0n) is 21.1. The maximum atomic E-state index is 12.9. The number of anilines is 2. The van der Waals surface area contributed by atoms with Crippen molar-refractivity contribution in [3.05, 3.63) is 60.2 Å². The molecule has 2 amide bonds. The number of nitrogens with one attached hydrogen (secondary N) is 2. The van der Waals surface area contributed by atoms with Gasteiger partial charge in [-0.3, -0.25) is 4.79 Å². The Bertz CT molecular complexity index is 992. The number of ether oxygens (including phenoxy) is 3. The second-order valence-corrected chi connectivity index (χ2v) is 8.78. The molecule has 1 saturated heterocycles. The van der Waals surface area contributed by atoms with Gasteiger partial charge in [0.2, 0.25) is 0 Å². The van der Waals surface area contributed by atoms with Crippen molar-refractivity contribution in [3.63, 3.8) is 0 Å². The molecular formula is C27H35N3O6. The maximum Gasteiger partial charge on any atom is 0.408 e. The van der Waals surface area contributed by atoms with Crippen molar-refractivity contribution in [2.24, 2.45) is 5.92 Å². The summed E-state index contributed by atoms with van der Waals surface area (Å²) in [4.78, 5) is 40.0. The molecule has 9 heteroatoms. The van der Waals surface area contributed by atoms with Crippen LogP contribution >= 0.6 is 0 Å². The molecule has 0 aromatic heterocycles. The predicted octanol–water partition coefficient (Wildman–Crippen LogP) is 3.73. The van der Waals surface area contributed by atoms with Crippen LogP contribution in [0.5, 0.6) is 0 Å². The molecule has 0 saturated carbocycles. The first-order chi connectivity index (χ1) is 17.4. The van der Waals surface area contributed by atoms with Crippen molar-refractivity contribution in [2.75, 3.05) is 36.5 Å². The smallest absolute Gasteiger partial charge is 0.408 e. The van der Waals surface area contributed by atoms with Crippen LogP contribution in [-0.2, 0) is 30.4 Å². The molecule has 194 valence electrons. The Labute approximate surface area is 212 Å². The number of morpholine rings is 1. The van der Waals surface area contributed by atoms with Crippen LogP contribution in [0.1, 0.15) is 32.8 Å². The third-order valence-corrected chi connectivity index (χ3v) is 6.13. The van der Waals surface area contributed by atoms with Gasteiger partial charge in [0.1, 0.15) is 12.6 Å². The number of amides is 2. The summed E-state index contributed by atoms with van der Waals surface area (Å²) in [5.74, 6) is -1.37. The highest BCUT2D eigenvalue weighted by Crippen LogP contribution is 2.19. The molecule has 2 aromatic rings. The molecule has 1 aliphatic heterocycles. The van der Waals surface area contributed by atoms with Gasteiger partial charge in [-0.05, 0) is 42.7 Å². The molecular weight excluding hydrogens is 462 g/mol. The van der Waals surface area contributed by atoms with Crippen molar-refractivity contribution in [3.8, 4) is 0 Å². The summed E-state index contributed by atoms with van der Waals surface area (Å²) in [7, 11) is 0. The van der Waals surface area contributed by atoms with Crippen LogP contribution in [0.2, 0.25) is 0 Å². The number of rotatable bonds is 10. The van der Waals surface area contributed by atoms with E-state index in [1.165, 1.54) is 6.92 Å². The summed E-state index contributed by atoms with van der Waals surface area (Å²) < 4.78 is 16.0. The van der Waals surface area contributed by atoms with Crippen molar-refractivity contribution in [1.29, 1.82) is 0 Å². The molecule has 36 heavy (non-hydrogen) atoms. The number of nitrogens with zero attached hydrogens (tertiary/aromatic N) is 1. The summed E-state index contributed by atoms with van der Waals surface area (Å²) in [6.45, 7) is 8.34. The summed E-state index contributed by atoms with van der Waals surface area (Å²) in [5.41, 5.74) is 2.48. The monoisotopic (exact) mass is 497 g/mol. The second-order valence-electron chi connectivity index (χ2n) is 8.78. The third-order valence-electron chi connectivity index (χ3n) is 6.13. The summed E-state index contributed by atoms with van der Waals surface area (Å²) in [5, 5.41) is 5.36. The van der Waals surface area contributed by atoms with Crippen LogP contribution in [0.3, 0.4) is 0 Å². The lowest BCUT2D eigenvalue weighted by molar-refractivity contribution is -0.156. The van der Waals surface area contributed by atoms with Crippen molar-refractivity contribution in [2.45, 2.75) is 45.9 Å². The highest BCUT2D eigenvalue weighted by molar-refractivity contribution is 5.95. The Morgan fingerprint density at radius 1 is 1.00 bits per heavy atom. The fourth-order valence-corrected chi connectivity index (χ4v) is 3.68. The van der Waals surface area contributed by atoms with Crippen LogP contribution in [0.4, 0.5) is 16.2 Å². The van der Waals surface area contributed by atoms with Gasteiger partial charge in [0.05, 0.1) is 13.2 Å². The first-order valence-electron chi connectivity index (χ1n) is 12.3. The van der Waals surface area contributed by atoms with Crippen LogP contribution < -0.4 is 15.5 Å². The third kappa shape index (κ3) is 7.98. The fraction of sp³-hybridized carbons (Fsp3) is 0.444. The van der Waals surface area contributed by atoms with Gasteiger partial charge >= 0.3 is 12.1 Å². The van der Waals surface area contributed by atoms with E-state index in [9.17, 15) is 14.4 Å². The average Bonchev–Trinajstić information content (AvgIpc) is 2.91. The van der Waals surface area contributed by atoms with Gasteiger partial charge in [-0.1, -0.05) is 50.6 Å². The molecule has 2 aromatic carbocycles. The number of hydrogen-bond donors (Lipinski definition) is 2. The molecule has 9 nitrogen and oxygen atoms in total. The normalized spacial score (nSPS) is 15.8. The molecule has 0 spiro atoms. The Morgan fingerprint density at radius 2 is 1.67 bits per heavy atom. The van der Waals surface area contributed by atoms with Crippen LogP contribution in [0.25, 0.3) is 0 Å². The Morgan fingerprint density at radius 3 is 2.31 bits per heavy atom. The minimum absolute atomic E-state index is 0.0814. The highest BCUT2D eigenvalue weighted by atomic mass is 16.6. The molecule has 2 N–H and O–H groups in total. The largest absolute Gasteiger partial charge is 0.451 e. The van der Waals surface area contributed by atoms with Gasteiger partial charge in [0.15, 0.2) is 6.10 Å². The SMILES string of the molecule is CCC(C)C(NC(=O)OCc1ccccc1)C(=O)OC(C)C(=O)Nc1ccc(N2CCOCC2)cc1. The highest BCUT2D eigenvalue weighted by Gasteiger charge is 2.30. The lowest BCUT2D eigenvalue weighted by Gasteiger charge is -2.29. The number of carbonyl (C=O) groups excluding carboxylic acids is 3. The maximum absolute atomic E-state index is 12.9. The fourth-order valence-electron chi connectivity index (χ4n) is 3.68. The van der Waals surface area contributed by atoms with E-state index in [1.807, 2.05) is 68.4 Å². The van der Waals surface area contributed by atoms with E-state index in [2.05, 4.69) is 15.5 Å². The van der Waals surface area contributed by atoms with Gasteiger partial charge in [0, 0.05) is 24.5 Å². The summed E-state index contributed by atoms with van der Waals surface area (Å²) in [6.07, 6.45) is -1.15. The quantitative estimate of drug-likeness (QED) is 0.482. The molecule has 1 heterocycles. The number of benzene rings is 2. The summed E-state index contributed by atoms with van der Waals surface area (Å²) in [6, 6.07) is 15.8. The number of alkyl carbamates (subject to hydrolysis) is 1. The Hall–Kier alpha value is -3.59. The van der Waals surface area contributed by atoms with Crippen molar-refractivity contribution >= 4 is 29.3 Å². The zero-order valence-corrected chi connectivity index (χ0v) is 21.1. The van der Waals surface area contributed by atoms with Crippen molar-refractivity contribution in [1.82, 2.24) is 5.32 Å². The molecule has 1 aliphatic rings. The van der Waals surface area contributed by atoms with Gasteiger partial charge < -0.3 is 29.7 Å². The standard InChI is InChI=1S/C27H35N3O6/c1-4-19(2)24(29-27(33)35-18-21-8-6-5-7-9-21)26(32)36-20(3)25(31)28-22-10-12-23(13-11-22)30-14-16-34-17-15-30/h5-13,19-20,24H,4,14-18H2,1-3H3,(H,28,31)(H,29,33). The Kier molecular flexibility index (Phi) is 10.1. The van der Waals surface area contributed by atoms with E-state index < -0.39 is 30.1 Å². The molecule has 3 rings (SSSR count). The molecule has 3 unspecified atom stereocenters. The van der Waals surface area contributed by atoms with E-state index >= 15 is 0 Å².